The first kappa shape index (κ1) is 12.3. The van der Waals surface area contributed by atoms with Crippen molar-refractivity contribution in [3.63, 3.8) is 0 Å². The first-order chi connectivity index (χ1) is 9.27. The van der Waals surface area contributed by atoms with E-state index in [-0.39, 0.29) is 17.9 Å². The van der Waals surface area contributed by atoms with Gasteiger partial charge in [-0.1, -0.05) is 12.1 Å². The Bertz CT molecular complexity index is 472. The number of fused-ring (bicyclic) bond motifs is 1. The molecule has 19 heavy (non-hydrogen) atoms. The van der Waals surface area contributed by atoms with E-state index in [1.165, 1.54) is 4.90 Å². The molecule has 2 aliphatic heterocycles. The van der Waals surface area contributed by atoms with Gasteiger partial charge in [0.1, 0.15) is 0 Å². The van der Waals surface area contributed by atoms with Crippen LogP contribution in [-0.2, 0) is 4.74 Å². The van der Waals surface area contributed by atoms with Crippen molar-refractivity contribution in [1.82, 2.24) is 10.2 Å². The fraction of sp³-hybridized carbons (Fsp3) is 0.429. The van der Waals surface area contributed by atoms with Crippen LogP contribution in [0.4, 0.5) is 0 Å². The SMILES string of the molecule is O=C1c2ccccc2C(=O)N1CC1CNCCCO1. The quantitative estimate of drug-likeness (QED) is 0.794. The molecule has 3 rings (SSSR count). The molecule has 2 heterocycles. The Morgan fingerprint density at radius 3 is 2.58 bits per heavy atom. The molecule has 1 atom stereocenters. The monoisotopic (exact) mass is 260 g/mol. The summed E-state index contributed by atoms with van der Waals surface area (Å²) in [5.41, 5.74) is 0.989. The van der Waals surface area contributed by atoms with Gasteiger partial charge in [0.15, 0.2) is 0 Å². The van der Waals surface area contributed by atoms with Crippen LogP contribution >= 0.6 is 0 Å². The lowest BCUT2D eigenvalue weighted by molar-refractivity contribution is 0.0322. The molecule has 0 bridgehead atoms. The normalized spacial score (nSPS) is 23.4. The molecule has 2 aliphatic rings. The summed E-state index contributed by atoms with van der Waals surface area (Å²) in [6.45, 7) is 2.58. The van der Waals surface area contributed by atoms with Crippen LogP contribution in [0.2, 0.25) is 0 Å². The summed E-state index contributed by atoms with van der Waals surface area (Å²) in [6, 6.07) is 6.94. The maximum atomic E-state index is 12.2. The van der Waals surface area contributed by atoms with Crippen LogP contribution in [-0.4, -0.2) is 49.1 Å². The fourth-order valence-electron chi connectivity index (χ4n) is 2.49. The van der Waals surface area contributed by atoms with Crippen molar-refractivity contribution in [3.8, 4) is 0 Å². The van der Waals surface area contributed by atoms with Gasteiger partial charge in [-0.3, -0.25) is 14.5 Å². The molecule has 5 heteroatoms. The molecule has 0 saturated carbocycles. The van der Waals surface area contributed by atoms with Gasteiger partial charge in [-0.05, 0) is 25.1 Å². The summed E-state index contributed by atoms with van der Waals surface area (Å²) in [7, 11) is 0. The minimum Gasteiger partial charge on any atom is -0.375 e. The Morgan fingerprint density at radius 2 is 1.89 bits per heavy atom. The lowest BCUT2D eigenvalue weighted by Crippen LogP contribution is -2.41. The molecule has 0 aliphatic carbocycles. The number of carbonyl (C=O) groups is 2. The molecular weight excluding hydrogens is 244 g/mol. The topological polar surface area (TPSA) is 58.6 Å². The standard InChI is InChI=1S/C14H16N2O3/c17-13-11-4-1-2-5-12(11)14(18)16(13)9-10-8-15-6-3-7-19-10/h1-2,4-5,10,15H,3,6-9H2. The van der Waals surface area contributed by atoms with E-state index in [0.29, 0.717) is 30.8 Å². The van der Waals surface area contributed by atoms with Gasteiger partial charge in [-0.25, -0.2) is 0 Å². The molecule has 0 radical (unpaired) electrons. The summed E-state index contributed by atoms with van der Waals surface area (Å²) in [4.78, 5) is 25.7. The fourth-order valence-corrected chi connectivity index (χ4v) is 2.49. The maximum absolute atomic E-state index is 12.2. The predicted octanol–water partition coefficient (Wildman–Crippen LogP) is 0.661. The Labute approximate surface area is 111 Å². The summed E-state index contributed by atoms with van der Waals surface area (Å²) in [5, 5.41) is 3.25. The van der Waals surface area contributed by atoms with E-state index >= 15 is 0 Å². The van der Waals surface area contributed by atoms with E-state index in [9.17, 15) is 9.59 Å². The summed E-state index contributed by atoms with van der Waals surface area (Å²) in [6.07, 6.45) is 0.836. The third-order valence-electron chi connectivity index (χ3n) is 3.49. The van der Waals surface area contributed by atoms with E-state index in [4.69, 9.17) is 4.74 Å². The third-order valence-corrected chi connectivity index (χ3v) is 3.49. The number of nitrogens with one attached hydrogen (secondary N) is 1. The van der Waals surface area contributed by atoms with Crippen molar-refractivity contribution in [3.05, 3.63) is 35.4 Å². The third kappa shape index (κ3) is 2.27. The first-order valence-corrected chi connectivity index (χ1v) is 6.55. The number of ether oxygens (including phenoxy) is 1. The van der Waals surface area contributed by atoms with Crippen molar-refractivity contribution in [1.29, 1.82) is 0 Å². The number of amides is 2. The molecule has 2 amide bonds. The zero-order valence-electron chi connectivity index (χ0n) is 10.6. The molecule has 5 nitrogen and oxygen atoms in total. The number of hydrogen-bond acceptors (Lipinski definition) is 4. The van der Waals surface area contributed by atoms with Crippen LogP contribution in [0.5, 0.6) is 0 Å². The highest BCUT2D eigenvalue weighted by atomic mass is 16.5. The van der Waals surface area contributed by atoms with Crippen molar-refractivity contribution < 1.29 is 14.3 Å². The second-order valence-electron chi connectivity index (χ2n) is 4.82. The average Bonchev–Trinajstić information content (AvgIpc) is 2.65. The van der Waals surface area contributed by atoms with Crippen LogP contribution < -0.4 is 5.32 Å². The molecule has 1 unspecified atom stereocenters. The van der Waals surface area contributed by atoms with Crippen molar-refractivity contribution in [2.45, 2.75) is 12.5 Å². The molecule has 1 aromatic rings. The van der Waals surface area contributed by atoms with Crippen LogP contribution in [0, 0.1) is 0 Å². The lowest BCUT2D eigenvalue weighted by Gasteiger charge is -2.21. The second-order valence-corrected chi connectivity index (χ2v) is 4.82. The van der Waals surface area contributed by atoms with Crippen molar-refractivity contribution in [2.75, 3.05) is 26.2 Å². The molecule has 0 spiro atoms. The van der Waals surface area contributed by atoms with E-state index in [0.717, 1.165) is 13.0 Å². The zero-order chi connectivity index (χ0) is 13.2. The highest BCUT2D eigenvalue weighted by Gasteiger charge is 2.36. The Morgan fingerprint density at radius 1 is 1.21 bits per heavy atom. The summed E-state index contributed by atoms with van der Waals surface area (Å²) < 4.78 is 5.65. The maximum Gasteiger partial charge on any atom is 0.261 e. The van der Waals surface area contributed by atoms with Crippen LogP contribution in [0.15, 0.2) is 24.3 Å². The molecular formula is C14H16N2O3. The molecule has 100 valence electrons. The number of imide groups is 1. The smallest absolute Gasteiger partial charge is 0.261 e. The molecule has 1 fully saturated rings. The lowest BCUT2D eigenvalue weighted by atomic mass is 10.1. The molecule has 1 aromatic carbocycles. The summed E-state index contributed by atoms with van der Waals surface area (Å²) in [5.74, 6) is -0.429. The largest absolute Gasteiger partial charge is 0.375 e. The number of hydrogen-bond donors (Lipinski definition) is 1. The van der Waals surface area contributed by atoms with Gasteiger partial charge >= 0.3 is 0 Å². The Kier molecular flexibility index (Phi) is 3.31. The molecule has 1 N–H and O–H groups in total. The van der Waals surface area contributed by atoms with Crippen LogP contribution in [0.1, 0.15) is 27.1 Å². The Hall–Kier alpha value is -1.72. The number of benzene rings is 1. The van der Waals surface area contributed by atoms with Gasteiger partial charge in [-0.2, -0.15) is 0 Å². The van der Waals surface area contributed by atoms with E-state index in [1.54, 1.807) is 24.3 Å². The first-order valence-electron chi connectivity index (χ1n) is 6.55. The van der Waals surface area contributed by atoms with Gasteiger partial charge in [0.05, 0.1) is 23.8 Å². The van der Waals surface area contributed by atoms with Crippen LogP contribution in [0.3, 0.4) is 0 Å². The molecule has 0 aromatic heterocycles. The van der Waals surface area contributed by atoms with Gasteiger partial charge in [0.25, 0.3) is 11.8 Å². The highest BCUT2D eigenvalue weighted by molar-refractivity contribution is 6.21. The molecule has 1 saturated heterocycles. The highest BCUT2D eigenvalue weighted by Crippen LogP contribution is 2.22. The Balaban J connectivity index is 1.76. The summed E-state index contributed by atoms with van der Waals surface area (Å²) >= 11 is 0. The predicted molar refractivity (Wildman–Crippen MR) is 69.0 cm³/mol. The van der Waals surface area contributed by atoms with Gasteiger partial charge in [0, 0.05) is 13.2 Å². The van der Waals surface area contributed by atoms with E-state index < -0.39 is 0 Å². The number of carbonyl (C=O) groups excluding carboxylic acids is 2. The average molecular weight is 260 g/mol. The van der Waals surface area contributed by atoms with Gasteiger partial charge < -0.3 is 10.1 Å². The van der Waals surface area contributed by atoms with Crippen LogP contribution in [0.25, 0.3) is 0 Å². The van der Waals surface area contributed by atoms with E-state index in [2.05, 4.69) is 5.32 Å². The van der Waals surface area contributed by atoms with E-state index in [1.807, 2.05) is 0 Å². The van der Waals surface area contributed by atoms with Gasteiger partial charge in [-0.15, -0.1) is 0 Å². The number of nitrogens with zero attached hydrogens (tertiary/aromatic N) is 1. The minimum atomic E-state index is -0.214. The minimum absolute atomic E-state index is 0.121. The zero-order valence-corrected chi connectivity index (χ0v) is 10.6. The van der Waals surface area contributed by atoms with Gasteiger partial charge in [0.2, 0.25) is 0 Å². The van der Waals surface area contributed by atoms with Crippen molar-refractivity contribution in [2.24, 2.45) is 0 Å². The number of rotatable bonds is 2. The second kappa shape index (κ2) is 5.11. The van der Waals surface area contributed by atoms with Crippen molar-refractivity contribution >= 4 is 11.8 Å².